The molecule has 2 heterocycles. The predicted octanol–water partition coefficient (Wildman–Crippen LogP) is 0.257. The molecule has 0 aliphatic carbocycles. The molecule has 2 rings (SSSR count). The average molecular weight is 240 g/mol. The second-order valence-corrected chi connectivity index (χ2v) is 3.30. The molecule has 8 heteroatoms. The number of carbonyl (C=O) groups is 1. The maximum Gasteiger partial charge on any atom is 0.348 e. The second-order valence-electron chi connectivity index (χ2n) is 2.91. The molecule has 0 amide bonds. The summed E-state index contributed by atoms with van der Waals surface area (Å²) in [6.45, 7) is 1.94. The molecule has 0 unspecified atom stereocenters. The summed E-state index contributed by atoms with van der Waals surface area (Å²) in [7, 11) is 0. The number of hydrogen-bond donors (Lipinski definition) is 2. The van der Waals surface area contributed by atoms with E-state index in [0.29, 0.717) is 0 Å². The Balaban J connectivity index is 2.69. The van der Waals surface area contributed by atoms with E-state index < -0.39 is 11.7 Å². The highest BCUT2D eigenvalue weighted by Gasteiger charge is 2.15. The van der Waals surface area contributed by atoms with Crippen LogP contribution in [0, 0.1) is 4.77 Å². The number of aromatic nitrogens is 4. The summed E-state index contributed by atoms with van der Waals surface area (Å²) >= 11 is 4.76. The summed E-state index contributed by atoms with van der Waals surface area (Å²) < 4.78 is 5.92. The van der Waals surface area contributed by atoms with Crippen molar-refractivity contribution in [3.05, 3.63) is 27.0 Å². The molecular weight excluding hydrogens is 232 g/mol. The maximum absolute atomic E-state index is 11.5. The molecular formula is C8H8N4O3S. The number of nitrogens with one attached hydrogen (secondary N) is 2. The zero-order valence-corrected chi connectivity index (χ0v) is 9.13. The second kappa shape index (κ2) is 3.89. The molecule has 2 N–H and O–H groups in total. The van der Waals surface area contributed by atoms with Crippen LogP contribution in [-0.2, 0) is 4.74 Å². The topological polar surface area (TPSA) is 92.2 Å². The van der Waals surface area contributed by atoms with Gasteiger partial charge in [0.2, 0.25) is 4.77 Å². The number of fused-ring (bicyclic) bond motifs is 1. The van der Waals surface area contributed by atoms with Crippen molar-refractivity contribution >= 4 is 23.8 Å². The first kappa shape index (κ1) is 10.6. The molecule has 0 atom stereocenters. The minimum Gasteiger partial charge on any atom is -0.462 e. The number of ether oxygens (including phenoxy) is 1. The Hall–Kier alpha value is -1.96. The standard InChI is InChI=1S/C8H8N4O3S/c1-2-15-6(13)4-3-9-12-5(4)10-7(16)11-8(12)14/h3,9H,2H2,1H3,(H,11,14,16). The van der Waals surface area contributed by atoms with E-state index in [9.17, 15) is 9.59 Å². The van der Waals surface area contributed by atoms with Crippen LogP contribution in [0.2, 0.25) is 0 Å². The Morgan fingerprint density at radius 2 is 2.44 bits per heavy atom. The Labute approximate surface area is 94.1 Å². The van der Waals surface area contributed by atoms with E-state index in [1.165, 1.54) is 6.20 Å². The van der Waals surface area contributed by atoms with Crippen LogP contribution in [0.15, 0.2) is 11.0 Å². The molecule has 7 nitrogen and oxygen atoms in total. The largest absolute Gasteiger partial charge is 0.462 e. The normalized spacial score (nSPS) is 10.6. The highest BCUT2D eigenvalue weighted by molar-refractivity contribution is 7.71. The van der Waals surface area contributed by atoms with E-state index in [4.69, 9.17) is 17.0 Å². The van der Waals surface area contributed by atoms with Gasteiger partial charge in [0.15, 0.2) is 5.65 Å². The van der Waals surface area contributed by atoms with Gasteiger partial charge in [0.25, 0.3) is 0 Å². The van der Waals surface area contributed by atoms with E-state index in [1.54, 1.807) is 6.92 Å². The monoisotopic (exact) mass is 240 g/mol. The average Bonchev–Trinajstić information content (AvgIpc) is 2.61. The highest BCUT2D eigenvalue weighted by atomic mass is 32.1. The Kier molecular flexibility index (Phi) is 2.57. The molecule has 0 saturated heterocycles. The Morgan fingerprint density at radius 1 is 1.69 bits per heavy atom. The molecule has 0 aromatic carbocycles. The lowest BCUT2D eigenvalue weighted by atomic mass is 10.3. The number of H-pyrrole nitrogens is 2. The van der Waals surface area contributed by atoms with Crippen molar-refractivity contribution in [3.8, 4) is 0 Å². The van der Waals surface area contributed by atoms with Crippen LogP contribution in [0.25, 0.3) is 5.65 Å². The van der Waals surface area contributed by atoms with Crippen molar-refractivity contribution in [1.82, 2.24) is 19.6 Å². The van der Waals surface area contributed by atoms with Gasteiger partial charge in [-0.2, -0.15) is 9.50 Å². The maximum atomic E-state index is 11.5. The molecule has 0 aliphatic rings. The van der Waals surface area contributed by atoms with E-state index in [1.807, 2.05) is 0 Å². The first-order valence-electron chi connectivity index (χ1n) is 4.51. The van der Waals surface area contributed by atoms with Gasteiger partial charge in [0.1, 0.15) is 5.56 Å². The number of esters is 1. The van der Waals surface area contributed by atoms with E-state index >= 15 is 0 Å². The molecule has 2 aromatic rings. The van der Waals surface area contributed by atoms with E-state index in [-0.39, 0.29) is 22.6 Å². The van der Waals surface area contributed by atoms with Gasteiger partial charge in [0.05, 0.1) is 6.61 Å². The third-order valence-corrected chi connectivity index (χ3v) is 2.10. The fourth-order valence-electron chi connectivity index (χ4n) is 1.27. The lowest BCUT2D eigenvalue weighted by molar-refractivity contribution is 0.0528. The van der Waals surface area contributed by atoms with Crippen LogP contribution in [0.4, 0.5) is 0 Å². The summed E-state index contributed by atoms with van der Waals surface area (Å²) in [6, 6.07) is 0. The fourth-order valence-corrected chi connectivity index (χ4v) is 1.44. The van der Waals surface area contributed by atoms with Gasteiger partial charge in [-0.3, -0.25) is 10.1 Å². The van der Waals surface area contributed by atoms with Crippen molar-refractivity contribution in [2.45, 2.75) is 6.92 Å². The van der Waals surface area contributed by atoms with Gasteiger partial charge in [0, 0.05) is 6.20 Å². The SMILES string of the molecule is CCOC(=O)c1c[nH]n2c(=O)[nH]c(=S)nc12. The van der Waals surface area contributed by atoms with Gasteiger partial charge in [-0.05, 0) is 19.1 Å². The minimum atomic E-state index is -0.547. The predicted molar refractivity (Wildman–Crippen MR) is 57.0 cm³/mol. The highest BCUT2D eigenvalue weighted by Crippen LogP contribution is 2.06. The summed E-state index contributed by atoms with van der Waals surface area (Å²) in [5.41, 5.74) is -0.142. The van der Waals surface area contributed by atoms with E-state index in [0.717, 1.165) is 4.52 Å². The molecule has 0 fully saturated rings. The third kappa shape index (κ3) is 1.63. The van der Waals surface area contributed by atoms with Crippen molar-refractivity contribution in [3.63, 3.8) is 0 Å². The number of carbonyl (C=O) groups excluding carboxylic acids is 1. The van der Waals surface area contributed by atoms with Gasteiger partial charge in [-0.15, -0.1) is 0 Å². The quantitative estimate of drug-likeness (QED) is 0.580. The minimum absolute atomic E-state index is 0.0233. The number of hydrogen-bond acceptors (Lipinski definition) is 5. The van der Waals surface area contributed by atoms with Crippen LogP contribution in [0.3, 0.4) is 0 Å². The Morgan fingerprint density at radius 3 is 3.12 bits per heavy atom. The summed E-state index contributed by atoms with van der Waals surface area (Å²) in [4.78, 5) is 29.1. The summed E-state index contributed by atoms with van der Waals surface area (Å²) in [5, 5.41) is 2.59. The molecule has 0 spiro atoms. The lowest BCUT2D eigenvalue weighted by Crippen LogP contribution is -2.19. The van der Waals surface area contributed by atoms with Gasteiger partial charge in [-0.25, -0.2) is 9.59 Å². The van der Waals surface area contributed by atoms with Crippen LogP contribution in [0.1, 0.15) is 17.3 Å². The first-order chi connectivity index (χ1) is 7.63. The lowest BCUT2D eigenvalue weighted by Gasteiger charge is -1.98. The zero-order valence-electron chi connectivity index (χ0n) is 8.31. The first-order valence-corrected chi connectivity index (χ1v) is 4.92. The number of rotatable bonds is 2. The van der Waals surface area contributed by atoms with Crippen molar-refractivity contribution in [2.24, 2.45) is 0 Å². The summed E-state index contributed by atoms with van der Waals surface area (Å²) in [6.07, 6.45) is 1.35. The van der Waals surface area contributed by atoms with E-state index in [2.05, 4.69) is 15.1 Å². The molecule has 84 valence electrons. The molecule has 0 saturated carbocycles. The summed E-state index contributed by atoms with van der Waals surface area (Å²) in [5.74, 6) is -0.547. The van der Waals surface area contributed by atoms with Gasteiger partial charge < -0.3 is 4.74 Å². The van der Waals surface area contributed by atoms with Crippen LogP contribution in [0.5, 0.6) is 0 Å². The van der Waals surface area contributed by atoms with Crippen molar-refractivity contribution in [2.75, 3.05) is 6.61 Å². The number of nitrogens with zero attached hydrogens (tertiary/aromatic N) is 2. The van der Waals surface area contributed by atoms with Crippen molar-refractivity contribution < 1.29 is 9.53 Å². The molecule has 0 bridgehead atoms. The number of aromatic amines is 2. The zero-order chi connectivity index (χ0) is 11.7. The van der Waals surface area contributed by atoms with Gasteiger partial charge in [-0.1, -0.05) is 0 Å². The van der Waals surface area contributed by atoms with Gasteiger partial charge >= 0.3 is 11.7 Å². The molecule has 16 heavy (non-hydrogen) atoms. The molecule has 0 aliphatic heterocycles. The van der Waals surface area contributed by atoms with Crippen LogP contribution >= 0.6 is 12.2 Å². The fraction of sp³-hybridized carbons (Fsp3) is 0.250. The molecule has 2 aromatic heterocycles. The Bertz CT molecular complexity index is 653. The molecule has 0 radical (unpaired) electrons. The van der Waals surface area contributed by atoms with Crippen molar-refractivity contribution in [1.29, 1.82) is 0 Å². The van der Waals surface area contributed by atoms with Crippen LogP contribution < -0.4 is 5.69 Å². The smallest absolute Gasteiger partial charge is 0.348 e. The van der Waals surface area contributed by atoms with Crippen LogP contribution in [-0.4, -0.2) is 32.2 Å². The third-order valence-electron chi connectivity index (χ3n) is 1.91.